The molecule has 0 bridgehead atoms. The predicted molar refractivity (Wildman–Crippen MR) is 90.1 cm³/mol. The number of hydrogen-bond donors (Lipinski definition) is 0. The average Bonchev–Trinajstić information content (AvgIpc) is 2.39. The topological polar surface area (TPSA) is 127 Å². The summed E-state index contributed by atoms with van der Waals surface area (Å²) >= 11 is 1.82. The maximum atomic E-state index is 7.77. The van der Waals surface area contributed by atoms with Crippen molar-refractivity contribution in [2.45, 2.75) is 0 Å². The Bertz CT molecular complexity index is 507. The Hall–Kier alpha value is -0.863. The summed E-state index contributed by atoms with van der Waals surface area (Å²) < 4.78 is 0. The van der Waals surface area contributed by atoms with E-state index >= 15 is 0 Å². The van der Waals surface area contributed by atoms with Crippen LogP contribution in [0.3, 0.4) is 0 Å². The van der Waals surface area contributed by atoms with Crippen molar-refractivity contribution in [3.63, 3.8) is 0 Å². The van der Waals surface area contributed by atoms with Crippen LogP contribution in [0.2, 0.25) is 0 Å². The molecule has 6 N–H and O–H groups in total. The van der Waals surface area contributed by atoms with Gasteiger partial charge in [0.1, 0.15) is 0 Å². The van der Waals surface area contributed by atoms with E-state index in [1.165, 1.54) is 0 Å². The number of nitrogens with one attached hydrogen (secondary N) is 4. The second-order valence-electron chi connectivity index (χ2n) is 3.46. The van der Waals surface area contributed by atoms with Crippen molar-refractivity contribution in [3.8, 4) is 11.1 Å². The van der Waals surface area contributed by atoms with Crippen LogP contribution in [0.4, 0.5) is 22.7 Å². The Labute approximate surface area is 159 Å². The summed E-state index contributed by atoms with van der Waals surface area (Å²) in [5, 5.41) is 0. The zero-order valence-electron chi connectivity index (χ0n) is 12.0. The zero-order valence-corrected chi connectivity index (χ0v) is 16.3. The molecule has 8 heteroatoms. The first-order valence-corrected chi connectivity index (χ1v) is 7.11. The maximum Gasteiger partial charge on any atom is 3.00 e. The monoisotopic (exact) mass is 497 g/mol. The van der Waals surface area contributed by atoms with Crippen molar-refractivity contribution >= 4 is 32.4 Å². The van der Waals surface area contributed by atoms with Gasteiger partial charge in [-0.15, -0.1) is 11.4 Å². The number of hydrogen-bond acceptors (Lipinski definition) is 0. The van der Waals surface area contributed by atoms with Crippen molar-refractivity contribution in [1.82, 2.24) is 0 Å². The van der Waals surface area contributed by atoms with Crippen LogP contribution in [0.15, 0.2) is 36.4 Å². The van der Waals surface area contributed by atoms with Crippen molar-refractivity contribution in [3.05, 3.63) is 74.2 Å². The van der Waals surface area contributed by atoms with Gasteiger partial charge in [0.2, 0.25) is 0 Å². The molecule has 0 fully saturated rings. The number of benzene rings is 2. The van der Waals surface area contributed by atoms with Gasteiger partial charge >= 0.3 is 46.5 Å². The first-order chi connectivity index (χ1) is 8.61. The van der Waals surface area contributed by atoms with Gasteiger partial charge in [0.05, 0.1) is 0 Å². The first-order valence-electron chi connectivity index (χ1n) is 4.87. The minimum Gasteiger partial charge on any atom is -0.700 e. The molecule has 5 nitrogen and oxygen atoms in total. The molecule has 2 rings (SSSR count). The van der Waals surface area contributed by atoms with E-state index < -0.39 is 0 Å². The molecule has 0 aliphatic heterocycles. The normalized spacial score (nSPS) is 7.68. The first kappa shape index (κ1) is 29.2. The van der Waals surface area contributed by atoms with Crippen LogP contribution in [0.5, 0.6) is 0 Å². The van der Waals surface area contributed by atoms with Gasteiger partial charge in [0.25, 0.3) is 0 Å². The molecule has 2 aromatic carbocycles. The second kappa shape index (κ2) is 13.8. The molecule has 1 radical (unpaired) electrons. The number of rotatable bonds is 1. The molecule has 22 heavy (non-hydrogen) atoms. The zero-order chi connectivity index (χ0) is 13.7. The molecule has 0 unspecified atom stereocenters. The molecule has 2 aromatic rings. The van der Waals surface area contributed by atoms with Crippen LogP contribution in [0.1, 0.15) is 0 Å². The van der Waals surface area contributed by atoms with Gasteiger partial charge in [0.15, 0.2) is 0 Å². The summed E-state index contributed by atoms with van der Waals surface area (Å²) in [5.74, 6) is 0. The van der Waals surface area contributed by atoms with Crippen LogP contribution >= 0.6 is 9.69 Å². The van der Waals surface area contributed by atoms with Gasteiger partial charge in [-0.05, 0) is 11.1 Å². The Morgan fingerprint density at radius 2 is 0.955 bits per heavy atom. The smallest absolute Gasteiger partial charge is 0.700 e. The molecule has 0 amide bonds. The van der Waals surface area contributed by atoms with E-state index in [4.69, 9.17) is 22.9 Å². The molecule has 0 heterocycles. The van der Waals surface area contributed by atoms with E-state index in [1.54, 1.807) is 36.4 Å². The van der Waals surface area contributed by atoms with Gasteiger partial charge in [-0.1, -0.05) is 36.4 Å². The third kappa shape index (κ3) is 6.49. The fourth-order valence-electron chi connectivity index (χ4n) is 1.55. The Kier molecular flexibility index (Phi) is 18.3. The fourth-order valence-corrected chi connectivity index (χ4v) is 1.55. The summed E-state index contributed by atoms with van der Waals surface area (Å²) in [6.45, 7) is 0. The largest absolute Gasteiger partial charge is 3.00 e. The maximum absolute atomic E-state index is 7.77. The standard InChI is InChI=1S/C12H10N4.2CH3.ClH.H2O.2Ru/c13-9-5-1-3-7(11(9)15)8-4-2-6-10(14)12(8)16;;;;;;/h1-6,13-16H;2*1H3;1H;1H2;;/q-4;2*-1;;;+3;+4/p-1. The van der Waals surface area contributed by atoms with Crippen molar-refractivity contribution in [2.24, 2.45) is 0 Å². The van der Waals surface area contributed by atoms with E-state index in [-0.39, 0.29) is 62.6 Å². The third-order valence-electron chi connectivity index (χ3n) is 2.42. The molecule has 0 atom stereocenters. The summed E-state index contributed by atoms with van der Waals surface area (Å²) in [4.78, 5) is 0. The Morgan fingerprint density at radius 3 is 1.23 bits per heavy atom. The van der Waals surface area contributed by atoms with Crippen molar-refractivity contribution in [1.29, 1.82) is 0 Å². The van der Waals surface area contributed by atoms with Gasteiger partial charge in [-0.2, -0.15) is 11.4 Å². The van der Waals surface area contributed by atoms with Crippen molar-refractivity contribution < 1.29 is 42.3 Å². The van der Waals surface area contributed by atoms with Crippen LogP contribution in [0.25, 0.3) is 34.1 Å². The predicted octanol–water partition coefficient (Wildman–Crippen LogP) is 6.85. The minimum absolute atomic E-state index is 0. The summed E-state index contributed by atoms with van der Waals surface area (Å²) in [6.07, 6.45) is 0. The molecule has 0 aromatic heterocycles. The summed E-state index contributed by atoms with van der Waals surface area (Å²) in [6, 6.07) is 9.86. The SMILES string of the molecule is O.[CH3-].[CH3-].[Cl][Ru+3].[NH-]c1cccc(-c2cccc([NH-])c2[NH-])c1[NH-].[Ru+3]. The van der Waals surface area contributed by atoms with Crippen LogP contribution in [-0.4, -0.2) is 5.48 Å². The molecule has 0 spiro atoms. The van der Waals surface area contributed by atoms with Gasteiger partial charge in [-0.25, -0.2) is 0 Å². The van der Waals surface area contributed by atoms with Gasteiger partial charge in [-0.3, -0.25) is 0 Å². The molecule has 0 saturated carbocycles. The van der Waals surface area contributed by atoms with Gasteiger partial charge < -0.3 is 43.3 Å². The van der Waals surface area contributed by atoms with E-state index in [0.29, 0.717) is 11.1 Å². The molecule has 0 saturated heterocycles. The van der Waals surface area contributed by atoms with E-state index in [2.05, 4.69) is 9.69 Å². The van der Waals surface area contributed by atoms with E-state index in [1.807, 2.05) is 17.3 Å². The fraction of sp³-hybridized carbons (Fsp3) is 0. The molecule has 123 valence electrons. The van der Waals surface area contributed by atoms with E-state index in [9.17, 15) is 0 Å². The third-order valence-corrected chi connectivity index (χ3v) is 2.42. The van der Waals surface area contributed by atoms with Crippen LogP contribution in [-0.2, 0) is 36.8 Å². The Morgan fingerprint density at radius 1 is 0.682 bits per heavy atom. The minimum atomic E-state index is 0. The Balaban J connectivity index is -0.000000259. The molecular weight excluding hydrogens is 478 g/mol. The quantitative estimate of drug-likeness (QED) is 0.303. The van der Waals surface area contributed by atoms with Crippen LogP contribution in [0, 0.1) is 14.9 Å². The summed E-state index contributed by atoms with van der Waals surface area (Å²) in [7, 11) is 4.57. The summed E-state index contributed by atoms with van der Waals surface area (Å²) in [5.41, 5.74) is 32.1. The number of halogens is 1. The molecular formula is C14H18ClN4ORu2. The molecule has 0 aliphatic rings. The van der Waals surface area contributed by atoms with E-state index in [0.717, 1.165) is 0 Å². The molecule has 0 aliphatic carbocycles. The van der Waals surface area contributed by atoms with Crippen LogP contribution < -0.4 is 0 Å². The van der Waals surface area contributed by atoms with Gasteiger partial charge in [0, 0.05) is 0 Å². The second-order valence-corrected chi connectivity index (χ2v) is 3.46. The average molecular weight is 496 g/mol. The van der Waals surface area contributed by atoms with Crippen molar-refractivity contribution in [2.75, 3.05) is 0 Å².